The number of methoxy groups -OCH3 is 1. The summed E-state index contributed by atoms with van der Waals surface area (Å²) in [5.41, 5.74) is 6.56. The van der Waals surface area contributed by atoms with E-state index in [1.165, 1.54) is 7.11 Å². The molecule has 0 radical (unpaired) electrons. The number of phenols is 1. The molecule has 0 fully saturated rings. The Bertz CT molecular complexity index is 1230. The average Bonchev–Trinajstić information content (AvgIpc) is 2.82. The second kappa shape index (κ2) is 8.20. The van der Waals surface area contributed by atoms with Gasteiger partial charge >= 0.3 is 5.97 Å². The number of anilines is 1. The maximum Gasteiger partial charge on any atom is 0.333 e. The highest BCUT2D eigenvalue weighted by Gasteiger charge is 2.40. The van der Waals surface area contributed by atoms with Gasteiger partial charge in [0, 0.05) is 28.2 Å². The minimum Gasteiger partial charge on any atom is -0.508 e. The summed E-state index contributed by atoms with van der Waals surface area (Å²) in [7, 11) is 3.11. The third-order valence-electron chi connectivity index (χ3n) is 7.14. The van der Waals surface area contributed by atoms with Crippen molar-refractivity contribution in [1.29, 1.82) is 0 Å². The number of rotatable bonds is 3. The van der Waals surface area contributed by atoms with Crippen molar-refractivity contribution < 1.29 is 24.2 Å². The maximum atomic E-state index is 12.3. The number of phenolic OH excluding ortho intramolecular Hbond substituents is 1. The molecule has 1 aliphatic carbocycles. The van der Waals surface area contributed by atoms with Crippen molar-refractivity contribution in [1.82, 2.24) is 0 Å². The Labute approximate surface area is 200 Å². The standard InChI is InChI=1S/C28H31NO5/c1-16-15-28(2,3)29(33-5)22-11-10-20-21-14-19(30)9-12-23(21)34-26(25(20)24(16)22)17-7-6-8-18(13-17)27(31)32-4/h9-15,17,26,30H,6-8H2,1-5H3/t17-,26-/m0/s1. The van der Waals surface area contributed by atoms with Gasteiger partial charge in [-0.05, 0) is 75.4 Å². The summed E-state index contributed by atoms with van der Waals surface area (Å²) in [4.78, 5) is 18.2. The molecule has 0 saturated heterocycles. The largest absolute Gasteiger partial charge is 0.508 e. The molecule has 0 saturated carbocycles. The minimum absolute atomic E-state index is 0.00813. The molecule has 2 aliphatic heterocycles. The van der Waals surface area contributed by atoms with Crippen LogP contribution in [-0.2, 0) is 14.4 Å². The number of carbonyl (C=O) groups is 1. The van der Waals surface area contributed by atoms with E-state index < -0.39 is 0 Å². The molecular weight excluding hydrogens is 430 g/mol. The smallest absolute Gasteiger partial charge is 0.333 e. The van der Waals surface area contributed by atoms with Crippen LogP contribution in [0.15, 0.2) is 48.1 Å². The van der Waals surface area contributed by atoms with Crippen LogP contribution in [0.4, 0.5) is 5.69 Å². The number of hydrogen-bond donors (Lipinski definition) is 1. The first-order valence-corrected chi connectivity index (χ1v) is 11.7. The fourth-order valence-corrected chi connectivity index (χ4v) is 5.85. The Kier molecular flexibility index (Phi) is 5.44. The van der Waals surface area contributed by atoms with E-state index in [1.54, 1.807) is 19.2 Å². The molecule has 0 amide bonds. The lowest BCUT2D eigenvalue weighted by Gasteiger charge is -2.44. The van der Waals surface area contributed by atoms with Gasteiger partial charge in [0.15, 0.2) is 0 Å². The van der Waals surface area contributed by atoms with Crippen molar-refractivity contribution in [3.8, 4) is 22.6 Å². The first-order chi connectivity index (χ1) is 16.2. The van der Waals surface area contributed by atoms with Crippen LogP contribution < -0.4 is 9.80 Å². The number of benzene rings is 2. The lowest BCUT2D eigenvalue weighted by atomic mass is 9.76. The normalized spacial score (nSPS) is 22.4. The number of ether oxygens (including phenoxy) is 2. The van der Waals surface area contributed by atoms with Crippen LogP contribution in [0.25, 0.3) is 16.7 Å². The molecule has 1 N–H and O–H groups in total. The Balaban J connectivity index is 1.75. The SMILES string of the molecule is COC(=O)C1=C[C@@H]([C@@H]2Oc3ccc(O)cc3-c3ccc4c(c32)C(C)=CC(C)(C)N4OC)CCC1. The van der Waals surface area contributed by atoms with Crippen LogP contribution in [0.5, 0.6) is 11.5 Å². The van der Waals surface area contributed by atoms with E-state index in [4.69, 9.17) is 14.3 Å². The summed E-state index contributed by atoms with van der Waals surface area (Å²) < 4.78 is 11.7. The molecule has 2 aromatic rings. The number of carbonyl (C=O) groups excluding carboxylic acids is 1. The first kappa shape index (κ1) is 22.5. The molecule has 5 rings (SSSR count). The van der Waals surface area contributed by atoms with Gasteiger partial charge in [-0.3, -0.25) is 4.84 Å². The number of hydroxylamine groups is 1. The average molecular weight is 462 g/mol. The van der Waals surface area contributed by atoms with Crippen molar-refractivity contribution in [2.24, 2.45) is 5.92 Å². The second-order valence-electron chi connectivity index (χ2n) is 9.84. The molecule has 0 unspecified atom stereocenters. The van der Waals surface area contributed by atoms with Gasteiger partial charge in [0.25, 0.3) is 0 Å². The monoisotopic (exact) mass is 461 g/mol. The minimum atomic E-state index is -0.315. The zero-order valence-corrected chi connectivity index (χ0v) is 20.3. The van der Waals surface area contributed by atoms with Gasteiger partial charge in [-0.1, -0.05) is 18.2 Å². The molecule has 0 bridgehead atoms. The van der Waals surface area contributed by atoms with Crippen molar-refractivity contribution >= 4 is 17.2 Å². The fraction of sp³-hybridized carbons (Fsp3) is 0.393. The maximum absolute atomic E-state index is 12.3. The van der Waals surface area contributed by atoms with Crippen molar-refractivity contribution in [2.75, 3.05) is 19.3 Å². The summed E-state index contributed by atoms with van der Waals surface area (Å²) in [6.45, 7) is 6.37. The number of aromatic hydroxyl groups is 1. The van der Waals surface area contributed by atoms with Gasteiger partial charge < -0.3 is 14.6 Å². The highest BCUT2D eigenvalue weighted by molar-refractivity contribution is 5.91. The summed E-state index contributed by atoms with van der Waals surface area (Å²) in [6, 6.07) is 9.41. The van der Waals surface area contributed by atoms with Crippen molar-refractivity contribution in [2.45, 2.75) is 51.7 Å². The summed E-state index contributed by atoms with van der Waals surface area (Å²) in [6.07, 6.45) is 6.48. The van der Waals surface area contributed by atoms with Gasteiger partial charge in [0.2, 0.25) is 0 Å². The molecule has 0 aromatic heterocycles. The van der Waals surface area contributed by atoms with Crippen LogP contribution in [-0.4, -0.2) is 30.8 Å². The highest BCUT2D eigenvalue weighted by Crippen LogP contribution is 2.54. The van der Waals surface area contributed by atoms with E-state index in [2.05, 4.69) is 39.0 Å². The lowest BCUT2D eigenvalue weighted by Crippen LogP contribution is -2.44. The quantitative estimate of drug-likeness (QED) is 0.569. The van der Waals surface area contributed by atoms with Crippen LogP contribution in [0.3, 0.4) is 0 Å². The molecule has 2 aromatic carbocycles. The van der Waals surface area contributed by atoms with E-state index in [0.29, 0.717) is 12.0 Å². The molecule has 3 aliphatic rings. The van der Waals surface area contributed by atoms with Gasteiger partial charge in [0.1, 0.15) is 17.6 Å². The predicted octanol–water partition coefficient (Wildman–Crippen LogP) is 5.96. The third kappa shape index (κ3) is 3.48. The zero-order chi connectivity index (χ0) is 24.2. The number of allylic oxidation sites excluding steroid dienone is 1. The van der Waals surface area contributed by atoms with Crippen molar-refractivity contribution in [3.05, 3.63) is 59.2 Å². The lowest BCUT2D eigenvalue weighted by molar-refractivity contribution is -0.136. The Morgan fingerprint density at radius 3 is 2.71 bits per heavy atom. The summed E-state index contributed by atoms with van der Waals surface area (Å²) >= 11 is 0. The molecule has 34 heavy (non-hydrogen) atoms. The molecule has 6 nitrogen and oxygen atoms in total. The van der Waals surface area contributed by atoms with Crippen LogP contribution in [0.1, 0.15) is 57.3 Å². The van der Waals surface area contributed by atoms with E-state index in [9.17, 15) is 9.90 Å². The van der Waals surface area contributed by atoms with Crippen LogP contribution in [0, 0.1) is 5.92 Å². The molecular formula is C28H31NO5. The fourth-order valence-electron chi connectivity index (χ4n) is 5.85. The Hall–Kier alpha value is -3.25. The van der Waals surface area contributed by atoms with Crippen LogP contribution >= 0.6 is 0 Å². The molecule has 2 atom stereocenters. The molecule has 2 heterocycles. The Morgan fingerprint density at radius 1 is 1.18 bits per heavy atom. The van der Waals surface area contributed by atoms with Gasteiger partial charge in [-0.15, -0.1) is 0 Å². The number of esters is 1. The summed E-state index contributed by atoms with van der Waals surface area (Å²) in [5.74, 6) is 0.662. The van der Waals surface area contributed by atoms with E-state index in [-0.39, 0.29) is 29.3 Å². The van der Waals surface area contributed by atoms with E-state index in [0.717, 1.165) is 52.1 Å². The second-order valence-corrected chi connectivity index (χ2v) is 9.84. The zero-order valence-electron chi connectivity index (χ0n) is 20.3. The molecule has 6 heteroatoms. The van der Waals surface area contributed by atoms with E-state index in [1.807, 2.05) is 17.2 Å². The number of hydrogen-bond acceptors (Lipinski definition) is 6. The van der Waals surface area contributed by atoms with E-state index >= 15 is 0 Å². The van der Waals surface area contributed by atoms with Crippen LogP contribution in [0.2, 0.25) is 0 Å². The predicted molar refractivity (Wildman–Crippen MR) is 132 cm³/mol. The number of nitrogens with zero attached hydrogens (tertiary/aromatic N) is 1. The molecule has 0 spiro atoms. The highest BCUT2D eigenvalue weighted by atomic mass is 16.7. The van der Waals surface area contributed by atoms with Gasteiger partial charge in [-0.25, -0.2) is 9.86 Å². The Morgan fingerprint density at radius 2 is 1.97 bits per heavy atom. The van der Waals surface area contributed by atoms with Gasteiger partial charge in [0.05, 0.1) is 25.4 Å². The molecule has 178 valence electrons. The van der Waals surface area contributed by atoms with Gasteiger partial charge in [-0.2, -0.15) is 0 Å². The first-order valence-electron chi connectivity index (χ1n) is 11.7. The topological polar surface area (TPSA) is 68.2 Å². The third-order valence-corrected chi connectivity index (χ3v) is 7.14. The summed E-state index contributed by atoms with van der Waals surface area (Å²) in [5, 5.41) is 12.2. The number of fused-ring (bicyclic) bond motifs is 5. The van der Waals surface area contributed by atoms with Crippen molar-refractivity contribution in [3.63, 3.8) is 0 Å².